The summed E-state index contributed by atoms with van der Waals surface area (Å²) in [7, 11) is -3.54. The molecule has 0 aromatic carbocycles. The Morgan fingerprint density at radius 3 is 2.83 bits per heavy atom. The molecule has 2 N–H and O–H groups in total. The van der Waals surface area contributed by atoms with Gasteiger partial charge < -0.3 is 5.11 Å². The molecule has 0 radical (unpaired) electrons. The maximum absolute atomic E-state index is 11.2. The lowest BCUT2D eigenvalue weighted by Gasteiger charge is -2.13. The Kier molecular flexibility index (Phi) is 3.02. The van der Waals surface area contributed by atoms with Crippen LogP contribution in [0.5, 0.6) is 0 Å². The lowest BCUT2D eigenvalue weighted by Crippen LogP contribution is -2.38. The molecule has 0 bridgehead atoms. The van der Waals surface area contributed by atoms with E-state index in [2.05, 4.69) is 4.72 Å². The SMILES string of the molecule is CCNS(=O)(=O)N1CC(O)CO1. The minimum absolute atomic E-state index is 0.00463. The average molecular weight is 196 g/mol. The van der Waals surface area contributed by atoms with Crippen LogP contribution in [0.4, 0.5) is 0 Å². The summed E-state index contributed by atoms with van der Waals surface area (Å²) in [4.78, 5) is 4.72. The molecule has 0 aromatic rings. The molecule has 1 heterocycles. The predicted molar refractivity (Wildman–Crippen MR) is 41.3 cm³/mol. The summed E-state index contributed by atoms with van der Waals surface area (Å²) in [6.07, 6.45) is -0.724. The van der Waals surface area contributed by atoms with Gasteiger partial charge in [-0.3, -0.25) is 4.84 Å². The van der Waals surface area contributed by atoms with Crippen molar-refractivity contribution in [2.75, 3.05) is 19.7 Å². The van der Waals surface area contributed by atoms with E-state index in [9.17, 15) is 8.42 Å². The molecule has 1 atom stereocenters. The Morgan fingerprint density at radius 1 is 1.75 bits per heavy atom. The zero-order valence-corrected chi connectivity index (χ0v) is 7.54. The van der Waals surface area contributed by atoms with Gasteiger partial charge in [-0.15, -0.1) is 0 Å². The van der Waals surface area contributed by atoms with E-state index in [1.54, 1.807) is 6.92 Å². The third-order valence-electron chi connectivity index (χ3n) is 1.37. The number of hydrogen-bond acceptors (Lipinski definition) is 4. The molecule has 1 unspecified atom stereocenters. The molecule has 72 valence electrons. The zero-order valence-electron chi connectivity index (χ0n) is 6.73. The molecule has 0 saturated carbocycles. The quantitative estimate of drug-likeness (QED) is 0.572. The van der Waals surface area contributed by atoms with Crippen LogP contribution in [0.15, 0.2) is 0 Å². The van der Waals surface area contributed by atoms with E-state index in [1.807, 2.05) is 0 Å². The molecule has 0 aromatic heterocycles. The van der Waals surface area contributed by atoms with Crippen LogP contribution in [0.1, 0.15) is 6.92 Å². The van der Waals surface area contributed by atoms with Gasteiger partial charge in [0.25, 0.3) is 0 Å². The normalized spacial score (nSPS) is 26.3. The minimum Gasteiger partial charge on any atom is -0.389 e. The maximum Gasteiger partial charge on any atom is 0.301 e. The molecule has 1 fully saturated rings. The summed E-state index contributed by atoms with van der Waals surface area (Å²) in [5.41, 5.74) is 0. The number of β-amino-alcohol motifs (C(OH)–C–C–N with tert-alkyl or cyclic N) is 1. The maximum atomic E-state index is 11.2. The fourth-order valence-corrected chi connectivity index (χ4v) is 1.95. The van der Waals surface area contributed by atoms with Crippen molar-refractivity contribution in [2.45, 2.75) is 13.0 Å². The third kappa shape index (κ3) is 2.14. The first-order valence-corrected chi connectivity index (χ1v) is 5.08. The fraction of sp³-hybridized carbons (Fsp3) is 1.00. The summed E-state index contributed by atoms with van der Waals surface area (Å²) in [6.45, 7) is 2.00. The summed E-state index contributed by atoms with van der Waals surface area (Å²) < 4.78 is 25.3. The van der Waals surface area contributed by atoms with Crippen LogP contribution in [-0.2, 0) is 15.0 Å². The van der Waals surface area contributed by atoms with Crippen LogP contribution in [0.25, 0.3) is 0 Å². The first-order valence-electron chi connectivity index (χ1n) is 3.64. The van der Waals surface area contributed by atoms with Gasteiger partial charge in [0.2, 0.25) is 0 Å². The molecule has 1 aliphatic heterocycles. The molecule has 0 spiro atoms. The van der Waals surface area contributed by atoms with Gasteiger partial charge in [0.05, 0.1) is 19.3 Å². The van der Waals surface area contributed by atoms with Gasteiger partial charge in [-0.2, -0.15) is 8.42 Å². The highest BCUT2D eigenvalue weighted by atomic mass is 32.2. The standard InChI is InChI=1S/C5H12N2O4S/c1-2-6-12(9,10)7-3-5(8)4-11-7/h5-6,8H,2-4H2,1H3. The third-order valence-corrected chi connectivity index (χ3v) is 2.81. The second kappa shape index (κ2) is 3.67. The van der Waals surface area contributed by atoms with Crippen molar-refractivity contribution < 1.29 is 18.4 Å². The van der Waals surface area contributed by atoms with Crippen molar-refractivity contribution in [2.24, 2.45) is 0 Å². The fourth-order valence-electron chi connectivity index (χ4n) is 0.869. The van der Waals surface area contributed by atoms with Gasteiger partial charge >= 0.3 is 10.2 Å². The lowest BCUT2D eigenvalue weighted by atomic mass is 10.4. The Hall–Kier alpha value is -0.210. The largest absolute Gasteiger partial charge is 0.389 e. The number of rotatable bonds is 3. The van der Waals surface area contributed by atoms with Crippen molar-refractivity contribution >= 4 is 10.2 Å². The molecule has 1 aliphatic rings. The minimum atomic E-state index is -3.54. The summed E-state index contributed by atoms with van der Waals surface area (Å²) >= 11 is 0. The summed E-state index contributed by atoms with van der Waals surface area (Å²) in [5, 5.41) is 8.97. The molecular formula is C5H12N2O4S. The number of hydroxylamine groups is 1. The number of nitrogens with one attached hydrogen (secondary N) is 1. The van der Waals surface area contributed by atoms with Gasteiger partial charge in [-0.05, 0) is 0 Å². The number of hydrogen-bond donors (Lipinski definition) is 2. The van der Waals surface area contributed by atoms with E-state index in [1.165, 1.54) is 0 Å². The van der Waals surface area contributed by atoms with E-state index >= 15 is 0 Å². The van der Waals surface area contributed by atoms with Crippen LogP contribution >= 0.6 is 0 Å². The number of aliphatic hydroxyl groups excluding tert-OH is 1. The Bertz CT molecular complexity index is 240. The highest BCUT2D eigenvalue weighted by molar-refractivity contribution is 7.87. The molecular weight excluding hydrogens is 184 g/mol. The lowest BCUT2D eigenvalue weighted by molar-refractivity contribution is -0.0327. The van der Waals surface area contributed by atoms with Crippen LogP contribution < -0.4 is 4.72 Å². The van der Waals surface area contributed by atoms with Crippen LogP contribution in [0, 0.1) is 0 Å². The van der Waals surface area contributed by atoms with E-state index in [0.29, 0.717) is 6.54 Å². The van der Waals surface area contributed by atoms with E-state index in [0.717, 1.165) is 4.47 Å². The molecule has 1 rings (SSSR count). The topological polar surface area (TPSA) is 78.9 Å². The van der Waals surface area contributed by atoms with Gasteiger partial charge in [-0.1, -0.05) is 11.4 Å². The molecule has 1 saturated heterocycles. The smallest absolute Gasteiger partial charge is 0.301 e. The molecule has 7 heteroatoms. The highest BCUT2D eigenvalue weighted by Crippen LogP contribution is 2.08. The monoisotopic (exact) mass is 196 g/mol. The zero-order chi connectivity index (χ0) is 9.19. The van der Waals surface area contributed by atoms with E-state index < -0.39 is 16.3 Å². The molecule has 12 heavy (non-hydrogen) atoms. The van der Waals surface area contributed by atoms with Crippen molar-refractivity contribution in [3.63, 3.8) is 0 Å². The van der Waals surface area contributed by atoms with Crippen molar-refractivity contribution in [1.82, 2.24) is 9.19 Å². The second-order valence-electron chi connectivity index (χ2n) is 2.44. The van der Waals surface area contributed by atoms with Crippen molar-refractivity contribution in [1.29, 1.82) is 0 Å². The Labute approximate surface area is 71.3 Å². The van der Waals surface area contributed by atoms with Gasteiger partial charge in [0.1, 0.15) is 0 Å². The summed E-state index contributed by atoms with van der Waals surface area (Å²) in [5.74, 6) is 0. The number of nitrogens with zero attached hydrogens (tertiary/aromatic N) is 1. The molecule has 0 amide bonds. The Balaban J connectivity index is 2.58. The summed E-state index contributed by atoms with van der Waals surface area (Å²) in [6, 6.07) is 0. The second-order valence-corrected chi connectivity index (χ2v) is 4.08. The predicted octanol–water partition coefficient (Wildman–Crippen LogP) is -1.55. The van der Waals surface area contributed by atoms with Crippen LogP contribution in [-0.4, -0.2) is 43.8 Å². The van der Waals surface area contributed by atoms with Crippen molar-refractivity contribution in [3.05, 3.63) is 0 Å². The molecule has 0 aliphatic carbocycles. The van der Waals surface area contributed by atoms with E-state index in [-0.39, 0.29) is 13.2 Å². The van der Waals surface area contributed by atoms with Gasteiger partial charge in [0.15, 0.2) is 0 Å². The van der Waals surface area contributed by atoms with E-state index in [4.69, 9.17) is 9.94 Å². The number of aliphatic hydroxyl groups is 1. The first kappa shape index (κ1) is 9.87. The Morgan fingerprint density at radius 2 is 2.42 bits per heavy atom. The van der Waals surface area contributed by atoms with Gasteiger partial charge in [-0.25, -0.2) is 4.72 Å². The van der Waals surface area contributed by atoms with Crippen molar-refractivity contribution in [3.8, 4) is 0 Å². The van der Waals surface area contributed by atoms with Crippen LogP contribution in [0.3, 0.4) is 0 Å². The average Bonchev–Trinajstić information content (AvgIpc) is 2.36. The molecule has 6 nitrogen and oxygen atoms in total. The van der Waals surface area contributed by atoms with Crippen LogP contribution in [0.2, 0.25) is 0 Å². The first-order chi connectivity index (χ1) is 5.56. The van der Waals surface area contributed by atoms with Gasteiger partial charge in [0, 0.05) is 6.54 Å². The highest BCUT2D eigenvalue weighted by Gasteiger charge is 2.31.